The van der Waals surface area contributed by atoms with Gasteiger partial charge in [-0.3, -0.25) is 0 Å². The molecule has 33 heavy (non-hydrogen) atoms. The van der Waals surface area contributed by atoms with Crippen molar-refractivity contribution in [2.24, 2.45) is 5.92 Å². The van der Waals surface area contributed by atoms with Crippen LogP contribution in [0.2, 0.25) is 0 Å². The van der Waals surface area contributed by atoms with Crippen LogP contribution < -0.4 is 0 Å². The van der Waals surface area contributed by atoms with Gasteiger partial charge in [0.15, 0.2) is 0 Å². The maximum Gasteiger partial charge on any atom is 0.142 e. The summed E-state index contributed by atoms with van der Waals surface area (Å²) in [5.74, 6) is 7.05. The van der Waals surface area contributed by atoms with E-state index in [0.29, 0.717) is 11.5 Å². The predicted octanol–water partition coefficient (Wildman–Crippen LogP) is 8.00. The Hall–Kier alpha value is -3.62. The molecule has 0 N–H and O–H groups in total. The van der Waals surface area contributed by atoms with Crippen LogP contribution >= 0.6 is 0 Å². The summed E-state index contributed by atoms with van der Waals surface area (Å²) in [6.45, 7) is 3.85. The molecule has 1 aliphatic carbocycles. The molecule has 164 valence electrons. The largest absolute Gasteiger partial charge is 0.206 e. The molecule has 0 bridgehead atoms. The van der Waals surface area contributed by atoms with Crippen molar-refractivity contribution in [3.8, 4) is 29.0 Å². The molecule has 1 fully saturated rings. The fourth-order valence-electron chi connectivity index (χ4n) is 4.66. The molecule has 0 amide bonds. The Morgan fingerprint density at radius 2 is 1.45 bits per heavy atom. The van der Waals surface area contributed by atoms with Crippen molar-refractivity contribution in [3.63, 3.8) is 0 Å². The summed E-state index contributed by atoms with van der Waals surface area (Å²) in [6.07, 6.45) is 9.72. The molecule has 0 aliphatic heterocycles. The maximum atomic E-state index is 13.7. The Morgan fingerprint density at radius 1 is 0.848 bits per heavy atom. The average molecular weight is 434 g/mol. The van der Waals surface area contributed by atoms with Crippen LogP contribution in [0.15, 0.2) is 79.4 Å². The molecule has 0 aromatic heterocycles. The second kappa shape index (κ2) is 10.8. The number of hydrogen-bond donors (Lipinski definition) is 0. The average Bonchev–Trinajstić information content (AvgIpc) is 2.87. The van der Waals surface area contributed by atoms with Gasteiger partial charge in [0.1, 0.15) is 11.9 Å². The summed E-state index contributed by atoms with van der Waals surface area (Å²) in [7, 11) is 0. The zero-order valence-corrected chi connectivity index (χ0v) is 18.9. The fourth-order valence-corrected chi connectivity index (χ4v) is 4.66. The summed E-state index contributed by atoms with van der Waals surface area (Å²) >= 11 is 0. The molecule has 4 rings (SSSR count). The third-order valence-corrected chi connectivity index (χ3v) is 6.67. The van der Waals surface area contributed by atoms with Crippen LogP contribution in [0.3, 0.4) is 0 Å². The van der Waals surface area contributed by atoms with E-state index in [0.717, 1.165) is 23.5 Å². The van der Waals surface area contributed by atoms with Gasteiger partial charge in [-0.05, 0) is 97.4 Å². The molecule has 3 aromatic carbocycles. The van der Waals surface area contributed by atoms with Gasteiger partial charge in [0.2, 0.25) is 0 Å². The van der Waals surface area contributed by atoms with Crippen LogP contribution in [0, 0.1) is 34.9 Å². The van der Waals surface area contributed by atoms with Gasteiger partial charge in [0, 0.05) is 11.1 Å². The van der Waals surface area contributed by atoms with E-state index in [1.54, 1.807) is 6.07 Å². The summed E-state index contributed by atoms with van der Waals surface area (Å²) in [4.78, 5) is 0. The standard InChI is InChI=1S/C31H28FN/c1-2-3-4-23-7-12-26(13-8-23)28-17-19-29(20-18-28)27-14-9-24(10-15-27)5-6-25-11-16-30(22-33)31(32)21-25/h2,9-11,14-21,23,26H,1,3-4,7-8,12-13H2. The first kappa shape index (κ1) is 22.6. The lowest BCUT2D eigenvalue weighted by atomic mass is 9.77. The molecular formula is C31H28FN. The van der Waals surface area contributed by atoms with Gasteiger partial charge in [-0.15, -0.1) is 6.58 Å². The number of nitriles is 1. The lowest BCUT2D eigenvalue weighted by molar-refractivity contribution is 0.312. The third-order valence-electron chi connectivity index (χ3n) is 6.67. The van der Waals surface area contributed by atoms with Gasteiger partial charge in [-0.2, -0.15) is 5.26 Å². The zero-order valence-electron chi connectivity index (χ0n) is 18.9. The van der Waals surface area contributed by atoms with Crippen molar-refractivity contribution < 1.29 is 4.39 Å². The van der Waals surface area contributed by atoms with Crippen LogP contribution in [0.1, 0.15) is 66.7 Å². The monoisotopic (exact) mass is 433 g/mol. The van der Waals surface area contributed by atoms with Gasteiger partial charge in [0.05, 0.1) is 5.56 Å². The molecule has 1 aliphatic rings. The highest BCUT2D eigenvalue weighted by molar-refractivity contribution is 5.65. The molecule has 0 atom stereocenters. The second-order valence-electron chi connectivity index (χ2n) is 8.84. The van der Waals surface area contributed by atoms with Crippen LogP contribution in [-0.2, 0) is 0 Å². The SMILES string of the molecule is C=CCCC1CCC(c2ccc(-c3ccc(C#Cc4ccc(C#N)c(F)c4)cc3)cc2)CC1. The van der Waals surface area contributed by atoms with Crippen molar-refractivity contribution in [2.45, 2.75) is 44.4 Å². The van der Waals surface area contributed by atoms with Gasteiger partial charge in [0.25, 0.3) is 0 Å². The lowest BCUT2D eigenvalue weighted by Gasteiger charge is -2.28. The highest BCUT2D eigenvalue weighted by atomic mass is 19.1. The van der Waals surface area contributed by atoms with Crippen molar-refractivity contribution in [1.82, 2.24) is 0 Å². The number of halogens is 1. The van der Waals surface area contributed by atoms with Gasteiger partial charge in [-0.25, -0.2) is 4.39 Å². The van der Waals surface area contributed by atoms with Crippen molar-refractivity contribution in [3.05, 3.63) is 107 Å². The highest BCUT2D eigenvalue weighted by Gasteiger charge is 2.21. The Balaban J connectivity index is 1.38. The third kappa shape index (κ3) is 5.79. The Morgan fingerprint density at radius 3 is 2.06 bits per heavy atom. The summed E-state index contributed by atoms with van der Waals surface area (Å²) in [5, 5.41) is 8.83. The Bertz CT molecular complexity index is 1200. The number of hydrogen-bond acceptors (Lipinski definition) is 1. The molecular weight excluding hydrogens is 405 g/mol. The van der Waals surface area contributed by atoms with Crippen molar-refractivity contribution in [2.75, 3.05) is 0 Å². The first-order valence-corrected chi connectivity index (χ1v) is 11.7. The highest BCUT2D eigenvalue weighted by Crippen LogP contribution is 2.38. The van der Waals surface area contributed by atoms with E-state index in [2.05, 4.69) is 54.8 Å². The van der Waals surface area contributed by atoms with Crippen molar-refractivity contribution in [1.29, 1.82) is 5.26 Å². The van der Waals surface area contributed by atoms with Gasteiger partial charge >= 0.3 is 0 Å². The molecule has 0 radical (unpaired) electrons. The van der Waals surface area contributed by atoms with E-state index in [4.69, 9.17) is 5.26 Å². The smallest absolute Gasteiger partial charge is 0.142 e. The normalized spacial score (nSPS) is 17.5. The number of benzene rings is 3. The lowest BCUT2D eigenvalue weighted by Crippen LogP contribution is -2.13. The van der Waals surface area contributed by atoms with E-state index in [9.17, 15) is 4.39 Å². The van der Waals surface area contributed by atoms with Crippen LogP contribution in [0.5, 0.6) is 0 Å². The van der Waals surface area contributed by atoms with E-state index >= 15 is 0 Å². The predicted molar refractivity (Wildman–Crippen MR) is 133 cm³/mol. The minimum absolute atomic E-state index is 0.0344. The van der Waals surface area contributed by atoms with E-state index < -0.39 is 5.82 Å². The number of rotatable bonds is 5. The molecule has 0 spiro atoms. The van der Waals surface area contributed by atoms with E-state index in [1.807, 2.05) is 24.3 Å². The summed E-state index contributed by atoms with van der Waals surface area (Å²) < 4.78 is 13.7. The molecule has 0 saturated heterocycles. The van der Waals surface area contributed by atoms with Gasteiger partial charge < -0.3 is 0 Å². The zero-order chi connectivity index (χ0) is 23.0. The molecule has 0 heterocycles. The molecule has 3 aromatic rings. The van der Waals surface area contributed by atoms with Crippen LogP contribution in [0.4, 0.5) is 4.39 Å². The minimum Gasteiger partial charge on any atom is -0.206 e. The van der Waals surface area contributed by atoms with E-state index in [-0.39, 0.29) is 5.56 Å². The topological polar surface area (TPSA) is 23.8 Å². The van der Waals surface area contributed by atoms with Gasteiger partial charge in [-0.1, -0.05) is 54.3 Å². The second-order valence-corrected chi connectivity index (χ2v) is 8.84. The summed E-state index contributed by atoms with van der Waals surface area (Å²) in [5.41, 5.74) is 5.27. The van der Waals surface area contributed by atoms with Crippen LogP contribution in [-0.4, -0.2) is 0 Å². The molecule has 1 nitrogen and oxygen atoms in total. The molecule has 0 unspecified atom stereocenters. The Labute approximate surface area is 196 Å². The first-order valence-electron chi connectivity index (χ1n) is 11.7. The molecule has 1 saturated carbocycles. The Kier molecular flexibility index (Phi) is 7.39. The fraction of sp³-hybridized carbons (Fsp3) is 0.258. The molecule has 2 heteroatoms. The summed E-state index contributed by atoms with van der Waals surface area (Å²) in [6, 6.07) is 23.4. The number of nitrogens with zero attached hydrogens (tertiary/aromatic N) is 1. The minimum atomic E-state index is -0.538. The maximum absolute atomic E-state index is 13.7. The van der Waals surface area contributed by atoms with Crippen LogP contribution in [0.25, 0.3) is 11.1 Å². The quantitative estimate of drug-likeness (QED) is 0.295. The van der Waals surface area contributed by atoms with Crippen molar-refractivity contribution >= 4 is 0 Å². The first-order chi connectivity index (χ1) is 16.2. The number of allylic oxidation sites excluding steroid dienone is 1. The van der Waals surface area contributed by atoms with E-state index in [1.165, 1.54) is 55.4 Å².